The second kappa shape index (κ2) is 11.5. The molecule has 1 aliphatic heterocycles. The Morgan fingerprint density at radius 1 is 0.500 bits per heavy atom. The van der Waals surface area contributed by atoms with Crippen molar-refractivity contribution >= 4 is 59.7 Å². The van der Waals surface area contributed by atoms with E-state index in [9.17, 15) is 0 Å². The summed E-state index contributed by atoms with van der Waals surface area (Å²) in [6, 6.07) is 52.5. The first kappa shape index (κ1) is 28.4. The van der Waals surface area contributed by atoms with Crippen LogP contribution in [0.4, 0.5) is 0 Å². The van der Waals surface area contributed by atoms with Gasteiger partial charge in [0.25, 0.3) is 0 Å². The fraction of sp³-hybridized carbons (Fsp3) is 0.0213. The number of hydrogen-bond acceptors (Lipinski definition) is 3. The molecule has 7 aromatic carbocycles. The van der Waals surface area contributed by atoms with Gasteiger partial charge in [0.05, 0.1) is 17.3 Å². The molecule has 0 aliphatic carbocycles. The van der Waals surface area contributed by atoms with Crippen LogP contribution in [-0.4, -0.2) is 9.97 Å². The summed E-state index contributed by atoms with van der Waals surface area (Å²) in [6.07, 6.45) is 10.3. The van der Waals surface area contributed by atoms with Gasteiger partial charge in [-0.2, -0.15) is 0 Å². The van der Waals surface area contributed by atoms with Crippen LogP contribution >= 0.6 is 0 Å². The summed E-state index contributed by atoms with van der Waals surface area (Å²) >= 11 is 0. The van der Waals surface area contributed by atoms with Crippen molar-refractivity contribution in [2.45, 2.75) is 6.04 Å². The number of aromatic nitrogens is 2. The second-order valence-electron chi connectivity index (χ2n) is 12.9. The predicted molar refractivity (Wildman–Crippen MR) is 210 cm³/mol. The quantitative estimate of drug-likeness (QED) is 0.154. The maximum Gasteiger partial charge on any atom is 0.0788 e. The molecule has 3 heterocycles. The monoisotopic (exact) mass is 637 g/mol. The van der Waals surface area contributed by atoms with Crippen LogP contribution in [-0.2, 0) is 0 Å². The van der Waals surface area contributed by atoms with Crippen LogP contribution in [0, 0.1) is 0 Å². The van der Waals surface area contributed by atoms with E-state index in [0.29, 0.717) is 0 Å². The molecule has 1 aliphatic rings. The molecule has 0 saturated carbocycles. The van der Waals surface area contributed by atoms with Crippen LogP contribution < -0.4 is 5.32 Å². The van der Waals surface area contributed by atoms with Gasteiger partial charge < -0.3 is 5.32 Å². The third kappa shape index (κ3) is 4.44. The van der Waals surface area contributed by atoms with E-state index in [1.807, 2.05) is 12.4 Å². The molecule has 0 amide bonds. The lowest BCUT2D eigenvalue weighted by Gasteiger charge is -2.26. The minimum atomic E-state index is 0.0540. The van der Waals surface area contributed by atoms with E-state index in [-0.39, 0.29) is 6.04 Å². The lowest BCUT2D eigenvalue weighted by atomic mass is 9.83. The summed E-state index contributed by atoms with van der Waals surface area (Å²) < 4.78 is 0. The molecule has 234 valence electrons. The Morgan fingerprint density at radius 2 is 1.08 bits per heavy atom. The van der Waals surface area contributed by atoms with Crippen molar-refractivity contribution in [1.29, 1.82) is 0 Å². The lowest BCUT2D eigenvalue weighted by molar-refractivity contribution is 0.763. The fourth-order valence-corrected chi connectivity index (χ4v) is 7.99. The second-order valence-corrected chi connectivity index (χ2v) is 12.9. The molecule has 0 bridgehead atoms. The minimum Gasteiger partial charge on any atom is -0.374 e. The van der Waals surface area contributed by atoms with Gasteiger partial charge in [0.2, 0.25) is 0 Å². The number of fused-ring (bicyclic) bond motifs is 7. The topological polar surface area (TPSA) is 37.8 Å². The standard InChI is InChI=1S/C47H31N3/c1-2-13-31(14-3-1)47-40-29-39(32-15-4-5-16-33(32)45(40)38-21-10-11-22-42(38)50-47)44-34-17-6-8-19-36(34)46(37-20-9-7-18-35(37)44)43-24-12-23-41(49-43)30-25-27-48-28-26-30/h1-29,41,49H. The van der Waals surface area contributed by atoms with Crippen LogP contribution in [0.3, 0.4) is 0 Å². The van der Waals surface area contributed by atoms with Gasteiger partial charge in [-0.25, -0.2) is 4.98 Å². The van der Waals surface area contributed by atoms with E-state index in [2.05, 4.69) is 174 Å². The smallest absolute Gasteiger partial charge is 0.0788 e. The fourth-order valence-electron chi connectivity index (χ4n) is 7.99. The van der Waals surface area contributed by atoms with Crippen molar-refractivity contribution in [3.8, 4) is 22.4 Å². The summed E-state index contributed by atoms with van der Waals surface area (Å²) in [5, 5.41) is 14.8. The maximum absolute atomic E-state index is 5.32. The summed E-state index contributed by atoms with van der Waals surface area (Å²) in [5.41, 5.74) is 9.08. The Kier molecular flexibility index (Phi) is 6.56. The van der Waals surface area contributed by atoms with Gasteiger partial charge in [-0.3, -0.25) is 4.98 Å². The van der Waals surface area contributed by atoms with Crippen LogP contribution in [0.25, 0.3) is 82.1 Å². The van der Waals surface area contributed by atoms with Gasteiger partial charge >= 0.3 is 0 Å². The number of dihydropyridines is 1. The number of nitrogens with zero attached hydrogens (tertiary/aromatic N) is 2. The molecule has 2 aromatic heterocycles. The van der Waals surface area contributed by atoms with Crippen molar-refractivity contribution in [2.75, 3.05) is 0 Å². The van der Waals surface area contributed by atoms with Crippen LogP contribution in [0.15, 0.2) is 176 Å². The zero-order valence-electron chi connectivity index (χ0n) is 27.2. The molecular weight excluding hydrogens is 607 g/mol. The number of pyridine rings is 2. The molecular formula is C47H31N3. The molecule has 3 nitrogen and oxygen atoms in total. The van der Waals surface area contributed by atoms with Gasteiger partial charge in [0.1, 0.15) is 0 Å². The highest BCUT2D eigenvalue weighted by atomic mass is 14.9. The largest absolute Gasteiger partial charge is 0.374 e. The van der Waals surface area contributed by atoms with Crippen molar-refractivity contribution < 1.29 is 0 Å². The number of hydrogen-bond donors (Lipinski definition) is 1. The van der Waals surface area contributed by atoms with Gasteiger partial charge in [-0.05, 0) is 79.3 Å². The zero-order chi connectivity index (χ0) is 33.0. The van der Waals surface area contributed by atoms with E-state index in [0.717, 1.165) is 27.9 Å². The molecule has 1 atom stereocenters. The Hall–Kier alpha value is -6.58. The summed E-state index contributed by atoms with van der Waals surface area (Å²) in [6.45, 7) is 0. The van der Waals surface area contributed by atoms with E-state index in [1.165, 1.54) is 65.3 Å². The average molecular weight is 638 g/mol. The van der Waals surface area contributed by atoms with Crippen molar-refractivity contribution in [2.24, 2.45) is 0 Å². The van der Waals surface area contributed by atoms with Gasteiger partial charge in [0.15, 0.2) is 0 Å². The maximum atomic E-state index is 5.32. The number of rotatable bonds is 4. The molecule has 1 unspecified atom stereocenters. The van der Waals surface area contributed by atoms with E-state index >= 15 is 0 Å². The Bertz CT molecular complexity index is 2780. The number of para-hydroxylation sites is 1. The highest BCUT2D eigenvalue weighted by Crippen LogP contribution is 2.47. The molecule has 1 N–H and O–H groups in total. The van der Waals surface area contributed by atoms with Crippen LogP contribution in [0.5, 0.6) is 0 Å². The molecule has 0 fully saturated rings. The Labute approximate surface area is 289 Å². The van der Waals surface area contributed by atoms with Crippen LogP contribution in [0.2, 0.25) is 0 Å². The number of benzene rings is 7. The molecule has 50 heavy (non-hydrogen) atoms. The summed E-state index contributed by atoms with van der Waals surface area (Å²) in [5.74, 6) is 0. The summed E-state index contributed by atoms with van der Waals surface area (Å²) in [4.78, 5) is 9.57. The number of allylic oxidation sites excluding steroid dienone is 2. The average Bonchev–Trinajstić information content (AvgIpc) is 3.20. The van der Waals surface area contributed by atoms with E-state index in [4.69, 9.17) is 4.98 Å². The molecule has 0 spiro atoms. The van der Waals surface area contributed by atoms with Crippen molar-refractivity contribution in [3.63, 3.8) is 0 Å². The van der Waals surface area contributed by atoms with E-state index in [1.54, 1.807) is 0 Å². The minimum absolute atomic E-state index is 0.0540. The zero-order valence-corrected chi connectivity index (χ0v) is 27.2. The first-order valence-electron chi connectivity index (χ1n) is 17.1. The van der Waals surface area contributed by atoms with Gasteiger partial charge in [-0.15, -0.1) is 0 Å². The third-order valence-corrected chi connectivity index (χ3v) is 10.2. The van der Waals surface area contributed by atoms with Crippen molar-refractivity contribution in [3.05, 3.63) is 187 Å². The van der Waals surface area contributed by atoms with Gasteiger partial charge in [-0.1, -0.05) is 133 Å². The highest BCUT2D eigenvalue weighted by molar-refractivity contribution is 6.28. The van der Waals surface area contributed by atoms with E-state index < -0.39 is 0 Å². The lowest BCUT2D eigenvalue weighted by Crippen LogP contribution is -2.20. The van der Waals surface area contributed by atoms with Crippen molar-refractivity contribution in [1.82, 2.24) is 15.3 Å². The Morgan fingerprint density at radius 3 is 1.78 bits per heavy atom. The van der Waals surface area contributed by atoms with Crippen LogP contribution in [0.1, 0.15) is 17.2 Å². The summed E-state index contributed by atoms with van der Waals surface area (Å²) in [7, 11) is 0. The third-order valence-electron chi connectivity index (χ3n) is 10.2. The molecule has 3 heteroatoms. The molecule has 9 aromatic rings. The first-order valence-corrected chi connectivity index (χ1v) is 17.1. The molecule has 0 radical (unpaired) electrons. The highest BCUT2D eigenvalue weighted by Gasteiger charge is 2.23. The Balaban J connectivity index is 1.31. The number of nitrogens with one attached hydrogen (secondary N) is 1. The normalized spacial score (nSPS) is 14.4. The molecule has 10 rings (SSSR count). The molecule has 0 saturated heterocycles. The first-order chi connectivity index (χ1) is 24.8. The SMILES string of the molecule is C1=CC(c2ccncc2)NC(c2c3ccccc3c(-c3cc4c(-c5ccccc5)nc5ccccc5c4c4ccccc34)c3ccccc23)=C1. The van der Waals surface area contributed by atoms with Gasteiger partial charge in [0, 0.05) is 45.4 Å². The predicted octanol–water partition coefficient (Wildman–Crippen LogP) is 11.8.